The summed E-state index contributed by atoms with van der Waals surface area (Å²) in [5.41, 5.74) is 1.86. The average Bonchev–Trinajstić information content (AvgIpc) is 2.57. The lowest BCUT2D eigenvalue weighted by Crippen LogP contribution is -2.23. The maximum Gasteiger partial charge on any atom is 0.170 e. The molecule has 0 aliphatic heterocycles. The van der Waals surface area contributed by atoms with Crippen molar-refractivity contribution >= 4 is 34.0 Å². The van der Waals surface area contributed by atoms with E-state index >= 15 is 0 Å². The summed E-state index contributed by atoms with van der Waals surface area (Å²) < 4.78 is 5.48. The summed E-state index contributed by atoms with van der Waals surface area (Å²) in [5.74, 6) is 0.915. The Kier molecular flexibility index (Phi) is 2.60. The molecule has 0 radical (unpaired) electrons. The van der Waals surface area contributed by atoms with Crippen molar-refractivity contribution in [2.45, 2.75) is 6.92 Å². The molecule has 0 spiro atoms. The zero-order valence-corrected chi connectivity index (χ0v) is 9.44. The van der Waals surface area contributed by atoms with Crippen LogP contribution in [0.25, 0.3) is 11.0 Å². The molecule has 3 nitrogen and oxygen atoms in total. The summed E-state index contributed by atoms with van der Waals surface area (Å²) in [5, 5.41) is 7.62. The molecule has 0 aliphatic rings. The van der Waals surface area contributed by atoms with Crippen molar-refractivity contribution < 1.29 is 4.42 Å². The van der Waals surface area contributed by atoms with Gasteiger partial charge in [-0.1, -0.05) is 0 Å². The molecule has 1 aromatic carbocycles. The first-order chi connectivity index (χ1) is 7.19. The van der Waals surface area contributed by atoms with Crippen LogP contribution in [0.3, 0.4) is 0 Å². The maximum atomic E-state index is 5.48. The summed E-state index contributed by atoms with van der Waals surface area (Å²) in [6.45, 7) is 1.94. The summed E-state index contributed by atoms with van der Waals surface area (Å²) >= 11 is 5.02. The second kappa shape index (κ2) is 3.90. The first-order valence-corrected chi connectivity index (χ1v) is 5.09. The largest absolute Gasteiger partial charge is 0.461 e. The minimum absolute atomic E-state index is 0.606. The predicted octanol–water partition coefficient (Wildman–Crippen LogP) is 2.66. The molecule has 2 aromatic rings. The molecule has 0 amide bonds. The van der Waals surface area contributed by atoms with Gasteiger partial charge in [-0.2, -0.15) is 0 Å². The van der Waals surface area contributed by atoms with Gasteiger partial charge in [0.05, 0.1) is 0 Å². The van der Waals surface area contributed by atoms with Gasteiger partial charge >= 0.3 is 0 Å². The lowest BCUT2D eigenvalue weighted by atomic mass is 10.2. The van der Waals surface area contributed by atoms with Crippen molar-refractivity contribution in [1.29, 1.82) is 0 Å². The van der Waals surface area contributed by atoms with Crippen LogP contribution >= 0.6 is 12.2 Å². The van der Waals surface area contributed by atoms with Crippen LogP contribution in [0, 0.1) is 6.92 Å². The van der Waals surface area contributed by atoms with Crippen LogP contribution in [-0.2, 0) is 0 Å². The van der Waals surface area contributed by atoms with Gasteiger partial charge in [0.1, 0.15) is 11.3 Å². The molecule has 15 heavy (non-hydrogen) atoms. The SMILES string of the molecule is CNC(=S)Nc1ccc2oc(C)cc2c1. The molecule has 78 valence electrons. The topological polar surface area (TPSA) is 37.2 Å². The van der Waals surface area contributed by atoms with Gasteiger partial charge in [-0.3, -0.25) is 0 Å². The molecule has 0 saturated carbocycles. The zero-order chi connectivity index (χ0) is 10.8. The van der Waals surface area contributed by atoms with Gasteiger partial charge in [-0.15, -0.1) is 0 Å². The van der Waals surface area contributed by atoms with E-state index in [9.17, 15) is 0 Å². The van der Waals surface area contributed by atoms with E-state index in [-0.39, 0.29) is 0 Å². The molecule has 0 fully saturated rings. The van der Waals surface area contributed by atoms with Crippen LogP contribution in [0.4, 0.5) is 5.69 Å². The number of fused-ring (bicyclic) bond motifs is 1. The fourth-order valence-electron chi connectivity index (χ4n) is 1.45. The Hall–Kier alpha value is -1.55. The van der Waals surface area contributed by atoms with Crippen LogP contribution < -0.4 is 10.6 Å². The van der Waals surface area contributed by atoms with Crippen LogP contribution in [-0.4, -0.2) is 12.2 Å². The quantitative estimate of drug-likeness (QED) is 0.724. The Labute approximate surface area is 93.5 Å². The summed E-state index contributed by atoms with van der Waals surface area (Å²) in [7, 11) is 1.79. The smallest absolute Gasteiger partial charge is 0.170 e. The number of benzene rings is 1. The minimum atomic E-state index is 0.606. The van der Waals surface area contributed by atoms with Crippen molar-refractivity contribution in [3.05, 3.63) is 30.0 Å². The van der Waals surface area contributed by atoms with Gasteiger partial charge in [0.25, 0.3) is 0 Å². The first kappa shape index (κ1) is 9.98. The van der Waals surface area contributed by atoms with E-state index < -0.39 is 0 Å². The Morgan fingerprint density at radius 3 is 2.87 bits per heavy atom. The van der Waals surface area contributed by atoms with Crippen LogP contribution in [0.1, 0.15) is 5.76 Å². The average molecular weight is 220 g/mol. The Morgan fingerprint density at radius 1 is 1.33 bits per heavy atom. The Morgan fingerprint density at radius 2 is 2.13 bits per heavy atom. The van der Waals surface area contributed by atoms with E-state index in [4.69, 9.17) is 16.6 Å². The third kappa shape index (κ3) is 2.10. The van der Waals surface area contributed by atoms with Gasteiger partial charge in [0.2, 0.25) is 0 Å². The number of anilines is 1. The molecule has 4 heteroatoms. The number of hydrogen-bond donors (Lipinski definition) is 2. The number of aryl methyl sites for hydroxylation is 1. The van der Waals surface area contributed by atoms with Crippen molar-refractivity contribution in [3.8, 4) is 0 Å². The highest BCUT2D eigenvalue weighted by Crippen LogP contribution is 2.22. The lowest BCUT2D eigenvalue weighted by molar-refractivity contribution is 0.578. The van der Waals surface area contributed by atoms with E-state index in [1.54, 1.807) is 7.05 Å². The lowest BCUT2D eigenvalue weighted by Gasteiger charge is -2.06. The number of hydrogen-bond acceptors (Lipinski definition) is 2. The van der Waals surface area contributed by atoms with Crippen molar-refractivity contribution in [3.63, 3.8) is 0 Å². The molecule has 1 heterocycles. The molecule has 0 aliphatic carbocycles. The second-order valence-electron chi connectivity index (χ2n) is 3.31. The first-order valence-electron chi connectivity index (χ1n) is 4.68. The maximum absolute atomic E-state index is 5.48. The van der Waals surface area contributed by atoms with Gasteiger partial charge < -0.3 is 15.1 Å². The zero-order valence-electron chi connectivity index (χ0n) is 8.63. The predicted molar refractivity (Wildman–Crippen MR) is 66.2 cm³/mol. The van der Waals surface area contributed by atoms with Crippen molar-refractivity contribution in [2.24, 2.45) is 0 Å². The second-order valence-corrected chi connectivity index (χ2v) is 3.72. The normalized spacial score (nSPS) is 10.3. The highest BCUT2D eigenvalue weighted by Gasteiger charge is 2.01. The Balaban J connectivity index is 2.33. The summed E-state index contributed by atoms with van der Waals surface area (Å²) in [6.07, 6.45) is 0. The highest BCUT2D eigenvalue weighted by atomic mass is 32.1. The standard InChI is InChI=1S/C11H12N2OS/c1-7-5-8-6-9(13-11(15)12-2)3-4-10(8)14-7/h3-6H,1-2H3,(H2,12,13,15). The van der Waals surface area contributed by atoms with Gasteiger partial charge in [-0.05, 0) is 43.4 Å². The van der Waals surface area contributed by atoms with E-state index in [0.717, 1.165) is 22.4 Å². The number of rotatable bonds is 1. The summed E-state index contributed by atoms with van der Waals surface area (Å²) in [6, 6.07) is 7.89. The van der Waals surface area contributed by atoms with E-state index in [2.05, 4.69) is 10.6 Å². The molecule has 0 atom stereocenters. The Bertz CT molecular complexity index is 504. The van der Waals surface area contributed by atoms with Crippen LogP contribution in [0.5, 0.6) is 0 Å². The minimum Gasteiger partial charge on any atom is -0.461 e. The van der Waals surface area contributed by atoms with Crippen molar-refractivity contribution in [1.82, 2.24) is 5.32 Å². The van der Waals surface area contributed by atoms with Gasteiger partial charge in [-0.25, -0.2) is 0 Å². The molecule has 0 bridgehead atoms. The monoisotopic (exact) mass is 220 g/mol. The third-order valence-electron chi connectivity index (χ3n) is 2.12. The van der Waals surface area contributed by atoms with Gasteiger partial charge in [0.15, 0.2) is 5.11 Å². The number of thiocarbonyl (C=S) groups is 1. The summed E-state index contributed by atoms with van der Waals surface area (Å²) in [4.78, 5) is 0. The highest BCUT2D eigenvalue weighted by molar-refractivity contribution is 7.80. The fraction of sp³-hybridized carbons (Fsp3) is 0.182. The van der Waals surface area contributed by atoms with Crippen LogP contribution in [0.15, 0.2) is 28.7 Å². The van der Waals surface area contributed by atoms with Crippen molar-refractivity contribution in [2.75, 3.05) is 12.4 Å². The molecule has 0 unspecified atom stereocenters. The van der Waals surface area contributed by atoms with Gasteiger partial charge in [0, 0.05) is 18.1 Å². The molecule has 2 rings (SSSR count). The molecular formula is C11H12N2OS. The molecule has 0 saturated heterocycles. The molecule has 1 aromatic heterocycles. The van der Waals surface area contributed by atoms with Crippen LogP contribution in [0.2, 0.25) is 0 Å². The fourth-order valence-corrected chi connectivity index (χ4v) is 1.57. The van der Waals surface area contributed by atoms with E-state index in [1.807, 2.05) is 31.2 Å². The van der Waals surface area contributed by atoms with E-state index in [0.29, 0.717) is 5.11 Å². The molecule has 2 N–H and O–H groups in total. The van der Waals surface area contributed by atoms with E-state index in [1.165, 1.54) is 0 Å². The molecular weight excluding hydrogens is 208 g/mol. The third-order valence-corrected chi connectivity index (χ3v) is 2.43. The number of nitrogens with one attached hydrogen (secondary N) is 2. The number of furan rings is 1.